The van der Waals surface area contributed by atoms with Crippen molar-refractivity contribution in [1.29, 1.82) is 0 Å². The van der Waals surface area contributed by atoms with Gasteiger partial charge in [-0.2, -0.15) is 24.5 Å². The van der Waals surface area contributed by atoms with Gasteiger partial charge in [0.2, 0.25) is 5.89 Å². The molecule has 9 heteroatoms. The summed E-state index contributed by atoms with van der Waals surface area (Å²) in [4.78, 5) is 13.9. The Morgan fingerprint density at radius 3 is 2.86 bits per heavy atom. The number of carbonyl (C=O) groups excluding carboxylic acids is 1. The summed E-state index contributed by atoms with van der Waals surface area (Å²) in [5, 5.41) is 10.1. The van der Waals surface area contributed by atoms with Gasteiger partial charge in [-0.15, -0.1) is 10.2 Å². The molecule has 0 aliphatic carbocycles. The van der Waals surface area contributed by atoms with Crippen molar-refractivity contribution in [3.05, 3.63) is 34.2 Å². The van der Waals surface area contributed by atoms with Gasteiger partial charge in [0, 0.05) is 18.5 Å². The van der Waals surface area contributed by atoms with Gasteiger partial charge < -0.3 is 9.32 Å². The van der Waals surface area contributed by atoms with Gasteiger partial charge in [0.1, 0.15) is 0 Å². The molecule has 1 aliphatic heterocycles. The highest BCUT2D eigenvalue weighted by Gasteiger charge is 2.39. The molecule has 1 atom stereocenters. The highest BCUT2D eigenvalue weighted by atomic mass is 32.1. The number of piperidine rings is 1. The van der Waals surface area contributed by atoms with Gasteiger partial charge in [0.05, 0.1) is 11.5 Å². The Kier molecular flexibility index (Phi) is 3.90. The Bertz CT molecular complexity index is 654. The summed E-state index contributed by atoms with van der Waals surface area (Å²) in [7, 11) is 0. The van der Waals surface area contributed by atoms with E-state index in [9.17, 15) is 18.0 Å². The van der Waals surface area contributed by atoms with Crippen LogP contribution in [-0.4, -0.2) is 34.1 Å². The molecular formula is C13H12F3N3O2S. The van der Waals surface area contributed by atoms with E-state index >= 15 is 0 Å². The summed E-state index contributed by atoms with van der Waals surface area (Å²) in [5.74, 6) is -1.89. The minimum absolute atomic E-state index is 0.0601. The molecule has 118 valence electrons. The molecule has 1 aliphatic rings. The van der Waals surface area contributed by atoms with E-state index in [2.05, 4.69) is 10.2 Å². The zero-order valence-electron chi connectivity index (χ0n) is 11.3. The lowest BCUT2D eigenvalue weighted by atomic mass is 9.97. The average Bonchev–Trinajstić information content (AvgIpc) is 3.17. The highest BCUT2D eigenvalue weighted by molar-refractivity contribution is 7.08. The number of hydrogen-bond acceptors (Lipinski definition) is 5. The Morgan fingerprint density at radius 1 is 1.41 bits per heavy atom. The third kappa shape index (κ3) is 2.99. The molecule has 5 nitrogen and oxygen atoms in total. The molecule has 22 heavy (non-hydrogen) atoms. The van der Waals surface area contributed by atoms with Gasteiger partial charge >= 0.3 is 12.1 Å². The molecule has 1 saturated heterocycles. The Hall–Kier alpha value is -1.90. The molecule has 3 rings (SSSR count). The number of hydrogen-bond donors (Lipinski definition) is 0. The van der Waals surface area contributed by atoms with E-state index < -0.39 is 12.1 Å². The maximum Gasteiger partial charge on any atom is 0.470 e. The quantitative estimate of drug-likeness (QED) is 0.848. The molecule has 1 amide bonds. The maximum atomic E-state index is 12.5. The average molecular weight is 331 g/mol. The van der Waals surface area contributed by atoms with Crippen LogP contribution in [0.2, 0.25) is 0 Å². The van der Waals surface area contributed by atoms with Crippen LogP contribution in [0, 0.1) is 0 Å². The molecule has 0 bridgehead atoms. The van der Waals surface area contributed by atoms with E-state index in [-0.39, 0.29) is 24.3 Å². The van der Waals surface area contributed by atoms with Crippen LogP contribution in [0.5, 0.6) is 0 Å². The van der Waals surface area contributed by atoms with Crippen molar-refractivity contribution in [2.24, 2.45) is 0 Å². The number of rotatable bonds is 2. The summed E-state index contributed by atoms with van der Waals surface area (Å²) in [5.41, 5.74) is 0.590. The van der Waals surface area contributed by atoms with E-state index in [0.29, 0.717) is 24.9 Å². The first kappa shape index (κ1) is 15.0. The number of amides is 1. The van der Waals surface area contributed by atoms with Gasteiger partial charge in [-0.25, -0.2) is 0 Å². The fraction of sp³-hybridized carbons (Fsp3) is 0.462. The van der Waals surface area contributed by atoms with Gasteiger partial charge in [-0.1, -0.05) is 0 Å². The van der Waals surface area contributed by atoms with Crippen molar-refractivity contribution >= 4 is 17.2 Å². The van der Waals surface area contributed by atoms with Crippen molar-refractivity contribution in [3.8, 4) is 0 Å². The fourth-order valence-corrected chi connectivity index (χ4v) is 3.08. The van der Waals surface area contributed by atoms with E-state index in [1.54, 1.807) is 16.3 Å². The summed E-state index contributed by atoms with van der Waals surface area (Å²) in [6.07, 6.45) is -3.34. The monoisotopic (exact) mass is 331 g/mol. The first-order valence-corrected chi connectivity index (χ1v) is 7.61. The number of aromatic nitrogens is 2. The van der Waals surface area contributed by atoms with Crippen molar-refractivity contribution in [2.75, 3.05) is 13.1 Å². The third-order valence-electron chi connectivity index (χ3n) is 3.51. The van der Waals surface area contributed by atoms with Crippen LogP contribution in [0.4, 0.5) is 13.2 Å². The Labute approximate surface area is 127 Å². The first-order chi connectivity index (χ1) is 10.4. The number of thiophene rings is 1. The lowest BCUT2D eigenvalue weighted by Gasteiger charge is -2.30. The fourth-order valence-electron chi connectivity index (χ4n) is 2.45. The summed E-state index contributed by atoms with van der Waals surface area (Å²) in [6, 6.07) is 1.73. The molecule has 1 fully saturated rings. The molecule has 0 radical (unpaired) electrons. The lowest BCUT2D eigenvalue weighted by Crippen LogP contribution is -2.39. The Morgan fingerprint density at radius 2 is 2.23 bits per heavy atom. The lowest BCUT2D eigenvalue weighted by molar-refractivity contribution is -0.157. The van der Waals surface area contributed by atoms with E-state index in [0.717, 1.165) is 0 Å². The van der Waals surface area contributed by atoms with E-state index in [1.165, 1.54) is 11.3 Å². The maximum absolute atomic E-state index is 12.5. The topological polar surface area (TPSA) is 59.2 Å². The van der Waals surface area contributed by atoms with Crippen LogP contribution >= 0.6 is 11.3 Å². The predicted molar refractivity (Wildman–Crippen MR) is 71.5 cm³/mol. The van der Waals surface area contributed by atoms with Gasteiger partial charge in [-0.05, 0) is 24.3 Å². The molecule has 0 aromatic carbocycles. The minimum Gasteiger partial charge on any atom is -0.417 e. The highest BCUT2D eigenvalue weighted by Crippen LogP contribution is 2.32. The number of likely N-dealkylation sites (tertiary alicyclic amines) is 1. The van der Waals surface area contributed by atoms with Gasteiger partial charge in [0.15, 0.2) is 0 Å². The number of halogens is 3. The zero-order valence-corrected chi connectivity index (χ0v) is 12.2. The molecule has 0 spiro atoms. The molecule has 2 aromatic rings. The van der Waals surface area contributed by atoms with Crippen LogP contribution in [0.25, 0.3) is 0 Å². The first-order valence-electron chi connectivity index (χ1n) is 6.67. The second kappa shape index (κ2) is 5.71. The smallest absolute Gasteiger partial charge is 0.417 e. The van der Waals surface area contributed by atoms with Crippen LogP contribution in [-0.2, 0) is 6.18 Å². The van der Waals surface area contributed by atoms with Gasteiger partial charge in [-0.3, -0.25) is 4.79 Å². The standard InChI is InChI=1S/C13H12F3N3O2S/c14-13(15,16)12-18-17-10(21-12)8-2-1-4-19(6-8)11(20)9-3-5-22-7-9/h3,5,7-8H,1-2,4,6H2/t8-/m0/s1. The number of carbonyl (C=O) groups is 1. The van der Waals surface area contributed by atoms with E-state index in [1.807, 2.05) is 5.38 Å². The second-order valence-electron chi connectivity index (χ2n) is 5.05. The summed E-state index contributed by atoms with van der Waals surface area (Å²) < 4.78 is 42.2. The molecule has 0 N–H and O–H groups in total. The number of nitrogens with zero attached hydrogens (tertiary/aromatic N) is 3. The zero-order chi connectivity index (χ0) is 15.7. The van der Waals surface area contributed by atoms with Crippen LogP contribution in [0.3, 0.4) is 0 Å². The largest absolute Gasteiger partial charge is 0.470 e. The predicted octanol–water partition coefficient (Wildman–Crippen LogP) is 3.17. The van der Waals surface area contributed by atoms with Crippen LogP contribution in [0.1, 0.15) is 40.9 Å². The minimum atomic E-state index is -4.65. The Balaban J connectivity index is 1.73. The summed E-state index contributed by atoms with van der Waals surface area (Å²) in [6.45, 7) is 0.861. The molecular weight excluding hydrogens is 319 g/mol. The summed E-state index contributed by atoms with van der Waals surface area (Å²) >= 11 is 1.42. The second-order valence-corrected chi connectivity index (χ2v) is 5.83. The molecule has 0 saturated carbocycles. The normalized spacial score (nSPS) is 19.4. The molecule has 0 unspecified atom stereocenters. The van der Waals surface area contributed by atoms with Gasteiger partial charge in [0.25, 0.3) is 5.91 Å². The molecule has 3 heterocycles. The SMILES string of the molecule is O=C(c1ccsc1)N1CCC[C@H](c2nnc(C(F)(F)F)o2)C1. The molecule has 2 aromatic heterocycles. The van der Waals surface area contributed by atoms with Crippen LogP contribution < -0.4 is 0 Å². The number of alkyl halides is 3. The van der Waals surface area contributed by atoms with Crippen molar-refractivity contribution < 1.29 is 22.4 Å². The van der Waals surface area contributed by atoms with E-state index in [4.69, 9.17) is 4.42 Å². The van der Waals surface area contributed by atoms with Crippen LogP contribution in [0.15, 0.2) is 21.2 Å². The third-order valence-corrected chi connectivity index (χ3v) is 4.19. The van der Waals surface area contributed by atoms with Crippen molar-refractivity contribution in [2.45, 2.75) is 24.9 Å². The van der Waals surface area contributed by atoms with Crippen molar-refractivity contribution in [1.82, 2.24) is 15.1 Å². The van der Waals surface area contributed by atoms with Crippen molar-refractivity contribution in [3.63, 3.8) is 0 Å².